The van der Waals surface area contributed by atoms with Crippen LogP contribution in [0.1, 0.15) is 30.4 Å². The standard InChI is InChI=1S/C12H12N2O2/c1-7-6-12(10(15)13-11(16)14-12)9-5-3-2-4-8(7)9/h2-5,7H,6H2,1H3,(H2,13,14,15,16). The number of carbonyl (C=O) groups excluding carboxylic acids is 2. The van der Waals surface area contributed by atoms with Crippen molar-refractivity contribution in [3.63, 3.8) is 0 Å². The highest BCUT2D eigenvalue weighted by Gasteiger charge is 2.53. The highest BCUT2D eigenvalue weighted by atomic mass is 16.2. The topological polar surface area (TPSA) is 58.2 Å². The number of nitrogens with one attached hydrogen (secondary N) is 2. The molecule has 0 bridgehead atoms. The van der Waals surface area contributed by atoms with Crippen LogP contribution < -0.4 is 10.6 Å². The Kier molecular flexibility index (Phi) is 1.67. The number of rotatable bonds is 0. The average Bonchev–Trinajstić information content (AvgIpc) is 2.69. The van der Waals surface area contributed by atoms with E-state index in [1.807, 2.05) is 24.3 Å². The number of imide groups is 1. The molecule has 4 heteroatoms. The van der Waals surface area contributed by atoms with Gasteiger partial charge in [-0.15, -0.1) is 0 Å². The van der Waals surface area contributed by atoms with E-state index >= 15 is 0 Å². The van der Waals surface area contributed by atoms with Gasteiger partial charge in [-0.2, -0.15) is 0 Å². The van der Waals surface area contributed by atoms with Crippen LogP contribution in [0.4, 0.5) is 4.79 Å². The predicted molar refractivity (Wildman–Crippen MR) is 57.8 cm³/mol. The van der Waals surface area contributed by atoms with Gasteiger partial charge in [0.25, 0.3) is 5.91 Å². The van der Waals surface area contributed by atoms with Crippen molar-refractivity contribution in [1.29, 1.82) is 0 Å². The summed E-state index contributed by atoms with van der Waals surface area (Å²) < 4.78 is 0. The number of urea groups is 1. The van der Waals surface area contributed by atoms with Gasteiger partial charge in [0.2, 0.25) is 0 Å². The average molecular weight is 216 g/mol. The summed E-state index contributed by atoms with van der Waals surface area (Å²) in [7, 11) is 0. The Labute approximate surface area is 93.0 Å². The number of fused-ring (bicyclic) bond motifs is 2. The predicted octanol–water partition coefficient (Wildman–Crippen LogP) is 1.23. The lowest BCUT2D eigenvalue weighted by Gasteiger charge is -2.21. The second kappa shape index (κ2) is 2.84. The van der Waals surface area contributed by atoms with Crippen molar-refractivity contribution >= 4 is 11.9 Å². The molecular weight excluding hydrogens is 204 g/mol. The van der Waals surface area contributed by atoms with E-state index in [-0.39, 0.29) is 5.91 Å². The molecule has 1 heterocycles. The van der Waals surface area contributed by atoms with Gasteiger partial charge in [-0.3, -0.25) is 10.1 Å². The van der Waals surface area contributed by atoms with E-state index in [0.29, 0.717) is 12.3 Å². The Morgan fingerprint density at radius 2 is 2.06 bits per heavy atom. The van der Waals surface area contributed by atoms with E-state index in [9.17, 15) is 9.59 Å². The fraction of sp³-hybridized carbons (Fsp3) is 0.333. The lowest BCUT2D eigenvalue weighted by molar-refractivity contribution is -0.124. The molecule has 4 nitrogen and oxygen atoms in total. The SMILES string of the molecule is CC1CC2(NC(=O)NC2=O)c2ccccc21. The van der Waals surface area contributed by atoms with E-state index in [0.717, 1.165) is 11.1 Å². The van der Waals surface area contributed by atoms with Gasteiger partial charge in [-0.25, -0.2) is 4.79 Å². The molecule has 3 amide bonds. The summed E-state index contributed by atoms with van der Waals surface area (Å²) in [5.74, 6) is 0.0645. The largest absolute Gasteiger partial charge is 0.322 e. The van der Waals surface area contributed by atoms with Gasteiger partial charge in [-0.05, 0) is 23.5 Å². The highest BCUT2D eigenvalue weighted by Crippen LogP contribution is 2.45. The molecule has 3 rings (SSSR count). The molecule has 0 radical (unpaired) electrons. The molecule has 1 aromatic rings. The Bertz CT molecular complexity index is 498. The molecule has 1 aliphatic carbocycles. The van der Waals surface area contributed by atoms with E-state index < -0.39 is 11.6 Å². The fourth-order valence-electron chi connectivity index (χ4n) is 2.82. The third-order valence-corrected chi connectivity index (χ3v) is 3.51. The summed E-state index contributed by atoms with van der Waals surface area (Å²) in [6, 6.07) is 7.41. The van der Waals surface area contributed by atoms with Crippen molar-refractivity contribution in [3.8, 4) is 0 Å². The van der Waals surface area contributed by atoms with Gasteiger partial charge in [0.15, 0.2) is 0 Å². The van der Waals surface area contributed by atoms with E-state index in [2.05, 4.69) is 17.6 Å². The van der Waals surface area contributed by atoms with Crippen LogP contribution in [0.3, 0.4) is 0 Å². The maximum atomic E-state index is 11.9. The van der Waals surface area contributed by atoms with Crippen molar-refractivity contribution in [1.82, 2.24) is 10.6 Å². The van der Waals surface area contributed by atoms with E-state index in [4.69, 9.17) is 0 Å². The second-order valence-corrected chi connectivity index (χ2v) is 4.51. The van der Waals surface area contributed by atoms with Crippen LogP contribution in [0.25, 0.3) is 0 Å². The molecule has 1 saturated heterocycles. The van der Waals surface area contributed by atoms with Gasteiger partial charge in [0.1, 0.15) is 5.54 Å². The molecular formula is C12H12N2O2. The molecule has 2 aliphatic rings. The van der Waals surface area contributed by atoms with Crippen molar-refractivity contribution in [2.24, 2.45) is 0 Å². The van der Waals surface area contributed by atoms with Gasteiger partial charge in [0.05, 0.1) is 0 Å². The van der Waals surface area contributed by atoms with Crippen LogP contribution in [0.5, 0.6) is 0 Å². The Balaban J connectivity index is 2.19. The number of carbonyl (C=O) groups is 2. The zero-order valence-electron chi connectivity index (χ0n) is 8.91. The van der Waals surface area contributed by atoms with Crippen LogP contribution in [-0.4, -0.2) is 11.9 Å². The second-order valence-electron chi connectivity index (χ2n) is 4.51. The van der Waals surface area contributed by atoms with Gasteiger partial charge >= 0.3 is 6.03 Å². The molecule has 1 aromatic carbocycles. The monoisotopic (exact) mass is 216 g/mol. The van der Waals surface area contributed by atoms with Crippen LogP contribution in [-0.2, 0) is 10.3 Å². The first-order valence-corrected chi connectivity index (χ1v) is 5.36. The third-order valence-electron chi connectivity index (χ3n) is 3.51. The van der Waals surface area contributed by atoms with Crippen LogP contribution >= 0.6 is 0 Å². The molecule has 0 aromatic heterocycles. The summed E-state index contributed by atoms with van der Waals surface area (Å²) in [5.41, 5.74) is 1.26. The van der Waals surface area contributed by atoms with Crippen LogP contribution in [0.2, 0.25) is 0 Å². The first-order chi connectivity index (χ1) is 7.63. The van der Waals surface area contributed by atoms with E-state index in [1.54, 1.807) is 0 Å². The Morgan fingerprint density at radius 1 is 1.31 bits per heavy atom. The molecule has 1 fully saturated rings. The van der Waals surface area contributed by atoms with Crippen molar-refractivity contribution < 1.29 is 9.59 Å². The summed E-state index contributed by atoms with van der Waals surface area (Å²) in [6.07, 6.45) is 0.643. The fourth-order valence-corrected chi connectivity index (χ4v) is 2.82. The molecule has 2 N–H and O–H groups in total. The minimum atomic E-state index is -0.826. The smallest absolute Gasteiger partial charge is 0.319 e. The Morgan fingerprint density at radius 3 is 2.75 bits per heavy atom. The number of hydrogen-bond acceptors (Lipinski definition) is 2. The quantitative estimate of drug-likeness (QED) is 0.641. The zero-order valence-corrected chi connectivity index (χ0v) is 8.91. The molecule has 16 heavy (non-hydrogen) atoms. The minimum Gasteiger partial charge on any atom is -0.319 e. The molecule has 2 unspecified atom stereocenters. The molecule has 2 atom stereocenters. The third kappa shape index (κ3) is 0.988. The van der Waals surface area contributed by atoms with Crippen LogP contribution in [0.15, 0.2) is 24.3 Å². The van der Waals surface area contributed by atoms with Gasteiger partial charge in [-0.1, -0.05) is 31.2 Å². The van der Waals surface area contributed by atoms with Crippen molar-refractivity contribution in [3.05, 3.63) is 35.4 Å². The first kappa shape index (κ1) is 9.39. The number of hydrogen-bond donors (Lipinski definition) is 2. The molecule has 82 valence electrons. The van der Waals surface area contributed by atoms with Crippen molar-refractivity contribution in [2.75, 3.05) is 0 Å². The molecule has 1 aliphatic heterocycles. The summed E-state index contributed by atoms with van der Waals surface area (Å²) in [5, 5.41) is 5.09. The maximum absolute atomic E-state index is 11.9. The van der Waals surface area contributed by atoms with Gasteiger partial charge in [0, 0.05) is 0 Å². The van der Waals surface area contributed by atoms with Crippen molar-refractivity contribution in [2.45, 2.75) is 24.8 Å². The lowest BCUT2D eigenvalue weighted by Crippen LogP contribution is -2.41. The lowest BCUT2D eigenvalue weighted by atomic mass is 9.92. The van der Waals surface area contributed by atoms with Gasteiger partial charge < -0.3 is 5.32 Å². The molecule has 0 saturated carbocycles. The minimum absolute atomic E-state index is 0.227. The maximum Gasteiger partial charge on any atom is 0.322 e. The highest BCUT2D eigenvalue weighted by molar-refractivity contribution is 6.08. The number of benzene rings is 1. The summed E-state index contributed by atoms with van der Waals surface area (Å²) in [4.78, 5) is 23.2. The summed E-state index contributed by atoms with van der Waals surface area (Å²) in [6.45, 7) is 2.07. The first-order valence-electron chi connectivity index (χ1n) is 5.36. The zero-order chi connectivity index (χ0) is 11.3. The van der Waals surface area contributed by atoms with Crippen LogP contribution in [0, 0.1) is 0 Å². The Hall–Kier alpha value is -1.84. The van der Waals surface area contributed by atoms with E-state index in [1.165, 1.54) is 0 Å². The molecule has 1 spiro atoms. The normalized spacial score (nSPS) is 31.4. The summed E-state index contributed by atoms with van der Waals surface area (Å²) >= 11 is 0. The number of amides is 3.